The van der Waals surface area contributed by atoms with Crippen molar-refractivity contribution in [3.8, 4) is 11.8 Å². The highest BCUT2D eigenvalue weighted by Crippen LogP contribution is 2.50. The van der Waals surface area contributed by atoms with E-state index >= 15 is 0 Å². The van der Waals surface area contributed by atoms with Gasteiger partial charge in [-0.1, -0.05) is 49.0 Å². The fraction of sp³-hybridized carbons (Fsp3) is 0.158. The molecule has 1 aliphatic rings. The van der Waals surface area contributed by atoms with Crippen LogP contribution in [-0.4, -0.2) is 13.1 Å². The molecule has 0 aromatic heterocycles. The highest BCUT2D eigenvalue weighted by molar-refractivity contribution is 5.94. The third-order valence-corrected chi connectivity index (χ3v) is 4.07. The molecule has 1 fully saturated rings. The maximum atomic E-state index is 12.2. The molecule has 114 valence electrons. The third-order valence-electron chi connectivity index (χ3n) is 4.07. The summed E-state index contributed by atoms with van der Waals surface area (Å²) in [5, 5.41) is 9.89. The van der Waals surface area contributed by atoms with Gasteiger partial charge in [-0.15, -0.1) is 0 Å². The van der Waals surface area contributed by atoms with E-state index in [1.54, 1.807) is 31.4 Å². The van der Waals surface area contributed by atoms with Gasteiger partial charge in [0.25, 0.3) is 0 Å². The summed E-state index contributed by atoms with van der Waals surface area (Å²) in [6.45, 7) is 3.85. The lowest BCUT2D eigenvalue weighted by Crippen LogP contribution is -2.30. The lowest BCUT2D eigenvalue weighted by molar-refractivity contribution is -0.143. The van der Waals surface area contributed by atoms with E-state index in [1.807, 2.05) is 30.3 Å². The molecular formula is C19H15NO3. The van der Waals surface area contributed by atoms with E-state index in [0.717, 1.165) is 5.56 Å². The first kappa shape index (κ1) is 14.9. The van der Waals surface area contributed by atoms with Crippen LogP contribution in [0.25, 0.3) is 0 Å². The average molecular weight is 305 g/mol. The van der Waals surface area contributed by atoms with Crippen molar-refractivity contribution in [1.82, 2.24) is 0 Å². The van der Waals surface area contributed by atoms with Gasteiger partial charge < -0.3 is 9.47 Å². The van der Waals surface area contributed by atoms with Crippen LogP contribution in [0.1, 0.15) is 17.0 Å². The number of hydrogen-bond donors (Lipinski definition) is 0. The molecular weight excluding hydrogens is 290 g/mol. The summed E-state index contributed by atoms with van der Waals surface area (Å²) in [7, 11) is 1.55. The molecule has 0 N–H and O–H groups in total. The molecule has 1 heterocycles. The van der Waals surface area contributed by atoms with Crippen molar-refractivity contribution in [3.05, 3.63) is 77.9 Å². The summed E-state index contributed by atoms with van der Waals surface area (Å²) in [5.41, 5.74) is 0.220. The molecule has 0 bridgehead atoms. The first-order chi connectivity index (χ1) is 11.1. The summed E-state index contributed by atoms with van der Waals surface area (Å²) < 4.78 is 10.7. The maximum absolute atomic E-state index is 12.2. The van der Waals surface area contributed by atoms with Gasteiger partial charge in [0.05, 0.1) is 13.0 Å². The Bertz CT molecular complexity index is 807. The van der Waals surface area contributed by atoms with Crippen LogP contribution >= 0.6 is 0 Å². The van der Waals surface area contributed by atoms with Crippen LogP contribution in [-0.2, 0) is 15.1 Å². The van der Waals surface area contributed by atoms with Crippen molar-refractivity contribution in [2.45, 2.75) is 11.5 Å². The Morgan fingerprint density at radius 3 is 2.61 bits per heavy atom. The van der Waals surface area contributed by atoms with Crippen molar-refractivity contribution in [3.63, 3.8) is 0 Å². The molecule has 2 atom stereocenters. The van der Waals surface area contributed by atoms with E-state index in [1.165, 1.54) is 0 Å². The average Bonchev–Trinajstić information content (AvgIpc) is 2.87. The topological polar surface area (TPSA) is 59.3 Å². The van der Waals surface area contributed by atoms with E-state index in [9.17, 15) is 10.1 Å². The van der Waals surface area contributed by atoms with Gasteiger partial charge in [-0.3, -0.25) is 0 Å². The quantitative estimate of drug-likeness (QED) is 0.645. The van der Waals surface area contributed by atoms with Crippen LogP contribution < -0.4 is 4.74 Å². The van der Waals surface area contributed by atoms with Gasteiger partial charge in [0.1, 0.15) is 11.8 Å². The van der Waals surface area contributed by atoms with Gasteiger partial charge in [0.2, 0.25) is 5.60 Å². The summed E-state index contributed by atoms with van der Waals surface area (Å²) in [6.07, 6.45) is 0. The Hall–Kier alpha value is -3.06. The van der Waals surface area contributed by atoms with E-state index in [-0.39, 0.29) is 5.57 Å². The van der Waals surface area contributed by atoms with Gasteiger partial charge >= 0.3 is 5.97 Å². The number of benzene rings is 2. The summed E-state index contributed by atoms with van der Waals surface area (Å²) >= 11 is 0. The number of carbonyl (C=O) groups is 1. The number of esters is 1. The number of methoxy groups -OCH3 is 1. The SMILES string of the molecule is C=C1C(=O)OC(C#N)(c2cccc(OC)c2)C1c1ccccc1. The second-order valence-electron chi connectivity index (χ2n) is 5.34. The second-order valence-corrected chi connectivity index (χ2v) is 5.34. The monoisotopic (exact) mass is 305 g/mol. The Morgan fingerprint density at radius 2 is 1.96 bits per heavy atom. The predicted molar refractivity (Wildman–Crippen MR) is 84.7 cm³/mol. The van der Waals surface area contributed by atoms with Gasteiger partial charge in [-0.25, -0.2) is 4.79 Å². The van der Waals surface area contributed by atoms with E-state index in [0.29, 0.717) is 11.3 Å². The molecule has 0 spiro atoms. The van der Waals surface area contributed by atoms with Crippen LogP contribution in [0.4, 0.5) is 0 Å². The standard InChI is InChI=1S/C19H15NO3/c1-13-17(14-7-4-3-5-8-14)19(12-20,23-18(13)21)15-9-6-10-16(11-15)22-2/h3-11,17H,1H2,2H3. The third kappa shape index (κ3) is 2.27. The minimum Gasteiger partial charge on any atom is -0.497 e. The zero-order valence-electron chi connectivity index (χ0n) is 12.7. The number of rotatable bonds is 3. The molecule has 2 aromatic carbocycles. The summed E-state index contributed by atoms with van der Waals surface area (Å²) in [5.74, 6) is -0.519. The van der Waals surface area contributed by atoms with Crippen molar-refractivity contribution in [1.29, 1.82) is 5.26 Å². The molecule has 4 heteroatoms. The molecule has 0 amide bonds. The number of cyclic esters (lactones) is 1. The van der Waals surface area contributed by atoms with Crippen LogP contribution in [0, 0.1) is 11.3 Å². The minimum absolute atomic E-state index is 0.278. The summed E-state index contributed by atoms with van der Waals surface area (Å²) in [6, 6.07) is 18.5. The predicted octanol–water partition coefficient (Wildman–Crippen LogP) is 3.31. The van der Waals surface area contributed by atoms with Crippen LogP contribution in [0.5, 0.6) is 5.75 Å². The van der Waals surface area contributed by atoms with E-state index < -0.39 is 17.5 Å². The Labute approximate surface area is 134 Å². The van der Waals surface area contributed by atoms with Gasteiger partial charge in [0.15, 0.2) is 0 Å². The van der Waals surface area contributed by atoms with Crippen molar-refractivity contribution in [2.75, 3.05) is 7.11 Å². The molecule has 1 aliphatic heterocycles. The van der Waals surface area contributed by atoms with Crippen molar-refractivity contribution < 1.29 is 14.3 Å². The number of nitriles is 1. The highest BCUT2D eigenvalue weighted by Gasteiger charge is 2.54. The molecule has 0 aliphatic carbocycles. The molecule has 0 radical (unpaired) electrons. The normalized spacial score (nSPS) is 23.2. The van der Waals surface area contributed by atoms with Gasteiger partial charge in [-0.05, 0) is 17.7 Å². The number of carbonyl (C=O) groups excluding carboxylic acids is 1. The zero-order chi connectivity index (χ0) is 16.4. The van der Waals surface area contributed by atoms with Crippen molar-refractivity contribution >= 4 is 5.97 Å². The molecule has 0 saturated carbocycles. The van der Waals surface area contributed by atoms with E-state index in [2.05, 4.69) is 12.6 Å². The first-order valence-corrected chi connectivity index (χ1v) is 7.15. The molecule has 23 heavy (non-hydrogen) atoms. The lowest BCUT2D eigenvalue weighted by atomic mass is 9.76. The fourth-order valence-corrected chi connectivity index (χ4v) is 2.95. The lowest BCUT2D eigenvalue weighted by Gasteiger charge is -2.27. The molecule has 2 aromatic rings. The Morgan fingerprint density at radius 1 is 1.22 bits per heavy atom. The minimum atomic E-state index is -1.44. The van der Waals surface area contributed by atoms with E-state index in [4.69, 9.17) is 9.47 Å². The molecule has 2 unspecified atom stereocenters. The Kier molecular flexibility index (Phi) is 3.63. The van der Waals surface area contributed by atoms with Gasteiger partial charge in [-0.2, -0.15) is 5.26 Å². The largest absolute Gasteiger partial charge is 0.497 e. The number of hydrogen-bond acceptors (Lipinski definition) is 4. The highest BCUT2D eigenvalue weighted by atomic mass is 16.6. The van der Waals surface area contributed by atoms with Gasteiger partial charge in [0, 0.05) is 11.1 Å². The fourth-order valence-electron chi connectivity index (χ4n) is 2.95. The molecule has 4 nitrogen and oxygen atoms in total. The first-order valence-electron chi connectivity index (χ1n) is 7.15. The summed E-state index contributed by atoms with van der Waals surface area (Å²) in [4.78, 5) is 12.2. The molecule has 1 saturated heterocycles. The number of ether oxygens (including phenoxy) is 2. The van der Waals surface area contributed by atoms with Crippen LogP contribution in [0.3, 0.4) is 0 Å². The Balaban J connectivity index is 2.21. The van der Waals surface area contributed by atoms with Crippen molar-refractivity contribution in [2.24, 2.45) is 0 Å². The second kappa shape index (κ2) is 5.62. The smallest absolute Gasteiger partial charge is 0.336 e. The maximum Gasteiger partial charge on any atom is 0.336 e. The molecule has 3 rings (SSSR count). The van der Waals surface area contributed by atoms with Crippen LogP contribution in [0.15, 0.2) is 66.7 Å². The van der Waals surface area contributed by atoms with Crippen LogP contribution in [0.2, 0.25) is 0 Å². The number of nitrogens with zero attached hydrogens (tertiary/aromatic N) is 1. The zero-order valence-corrected chi connectivity index (χ0v) is 12.7.